The van der Waals surface area contributed by atoms with Crippen LogP contribution in [0.15, 0.2) is 54.7 Å². The van der Waals surface area contributed by atoms with Crippen molar-refractivity contribution < 1.29 is 0 Å². The minimum atomic E-state index is 1.20. The van der Waals surface area contributed by atoms with Gasteiger partial charge in [0.05, 0.1) is 0 Å². The van der Waals surface area contributed by atoms with Gasteiger partial charge in [0.1, 0.15) is 0 Å². The molecule has 22 heavy (non-hydrogen) atoms. The van der Waals surface area contributed by atoms with E-state index in [4.69, 9.17) is 0 Å². The molecule has 1 heterocycles. The van der Waals surface area contributed by atoms with Crippen molar-refractivity contribution in [2.45, 2.75) is 20.8 Å². The molecule has 4 aromatic rings. The third-order valence-electron chi connectivity index (χ3n) is 4.68. The van der Waals surface area contributed by atoms with Crippen LogP contribution >= 0.6 is 0 Å². The van der Waals surface area contributed by atoms with Crippen LogP contribution in [0, 0.1) is 20.8 Å². The Bertz CT molecular complexity index is 1010. The summed E-state index contributed by atoms with van der Waals surface area (Å²) in [6, 6.07) is 17.6. The van der Waals surface area contributed by atoms with Crippen LogP contribution in [0.4, 0.5) is 0 Å². The van der Waals surface area contributed by atoms with Gasteiger partial charge in [-0.25, -0.2) is 0 Å². The Balaban J connectivity index is 2.16. The molecule has 0 aliphatic heterocycles. The van der Waals surface area contributed by atoms with Gasteiger partial charge in [-0.2, -0.15) is 0 Å². The first-order valence-corrected chi connectivity index (χ1v) is 7.72. The van der Waals surface area contributed by atoms with Crippen LogP contribution in [-0.4, -0.2) is 4.98 Å². The lowest BCUT2D eigenvalue weighted by Gasteiger charge is -2.13. The summed E-state index contributed by atoms with van der Waals surface area (Å²) in [6.07, 6.45) is 2.15. The van der Waals surface area contributed by atoms with Crippen LogP contribution in [-0.2, 0) is 0 Å². The summed E-state index contributed by atoms with van der Waals surface area (Å²) in [5.41, 5.74) is 7.86. The van der Waals surface area contributed by atoms with Crippen LogP contribution in [0.5, 0.6) is 0 Å². The molecule has 3 aromatic carbocycles. The Morgan fingerprint density at radius 3 is 2.50 bits per heavy atom. The van der Waals surface area contributed by atoms with E-state index in [9.17, 15) is 0 Å². The molecule has 0 bridgehead atoms. The van der Waals surface area contributed by atoms with E-state index in [-0.39, 0.29) is 0 Å². The van der Waals surface area contributed by atoms with E-state index in [0.29, 0.717) is 0 Å². The van der Waals surface area contributed by atoms with Crippen LogP contribution in [0.2, 0.25) is 0 Å². The minimum Gasteiger partial charge on any atom is -0.361 e. The lowest BCUT2D eigenvalue weighted by Crippen LogP contribution is -1.90. The number of fused-ring (bicyclic) bond motifs is 2. The number of benzene rings is 3. The highest BCUT2D eigenvalue weighted by Crippen LogP contribution is 2.38. The monoisotopic (exact) mass is 285 g/mol. The van der Waals surface area contributed by atoms with Crippen molar-refractivity contribution in [1.82, 2.24) is 4.98 Å². The molecule has 1 N–H and O–H groups in total. The van der Waals surface area contributed by atoms with E-state index in [1.54, 1.807) is 0 Å². The number of hydrogen-bond acceptors (Lipinski definition) is 0. The van der Waals surface area contributed by atoms with Crippen molar-refractivity contribution in [3.05, 3.63) is 71.4 Å². The quantitative estimate of drug-likeness (QED) is 0.447. The number of aryl methyl sites for hydroxylation is 2. The molecule has 0 aliphatic carbocycles. The standard InChI is InChI=1S/C21H19N/c1-13-8-9-20-18(10-13)19(12-22-20)21-15(3)14(2)11-16-6-4-5-7-17(16)21/h4-12,22H,1-3H3. The lowest BCUT2D eigenvalue weighted by molar-refractivity contribution is 1.36. The van der Waals surface area contributed by atoms with Gasteiger partial charge >= 0.3 is 0 Å². The third-order valence-corrected chi connectivity index (χ3v) is 4.68. The molecule has 0 fully saturated rings. The first kappa shape index (κ1) is 13.1. The zero-order valence-corrected chi connectivity index (χ0v) is 13.2. The van der Waals surface area contributed by atoms with Crippen LogP contribution < -0.4 is 0 Å². The number of rotatable bonds is 1. The summed E-state index contributed by atoms with van der Waals surface area (Å²) < 4.78 is 0. The third kappa shape index (κ3) is 1.86. The van der Waals surface area contributed by atoms with Crippen molar-refractivity contribution >= 4 is 21.7 Å². The Kier molecular flexibility index (Phi) is 2.83. The average molecular weight is 285 g/mol. The number of H-pyrrole nitrogens is 1. The Morgan fingerprint density at radius 2 is 1.64 bits per heavy atom. The Labute approximate surface area is 130 Å². The molecule has 1 aromatic heterocycles. The lowest BCUT2D eigenvalue weighted by atomic mass is 9.90. The molecule has 0 saturated carbocycles. The van der Waals surface area contributed by atoms with Gasteiger partial charge in [0, 0.05) is 22.7 Å². The van der Waals surface area contributed by atoms with Gasteiger partial charge in [-0.3, -0.25) is 0 Å². The summed E-state index contributed by atoms with van der Waals surface area (Å²) >= 11 is 0. The Hall–Kier alpha value is -2.54. The number of aromatic nitrogens is 1. The SMILES string of the molecule is Cc1ccc2[nH]cc(-c3c(C)c(C)cc4ccccc34)c2c1. The van der Waals surface area contributed by atoms with Crippen LogP contribution in [0.25, 0.3) is 32.8 Å². The molecular weight excluding hydrogens is 266 g/mol. The summed E-state index contributed by atoms with van der Waals surface area (Å²) in [7, 11) is 0. The Morgan fingerprint density at radius 1 is 0.818 bits per heavy atom. The van der Waals surface area contributed by atoms with E-state index in [0.717, 1.165) is 0 Å². The number of aromatic amines is 1. The molecular formula is C21H19N. The summed E-state index contributed by atoms with van der Waals surface area (Å²) in [4.78, 5) is 3.43. The van der Waals surface area contributed by atoms with E-state index < -0.39 is 0 Å². The minimum absolute atomic E-state index is 1.20. The molecule has 0 saturated heterocycles. The topological polar surface area (TPSA) is 15.8 Å². The second-order valence-electron chi connectivity index (χ2n) is 6.17. The maximum absolute atomic E-state index is 3.43. The summed E-state index contributed by atoms with van der Waals surface area (Å²) in [5, 5.41) is 3.94. The van der Waals surface area contributed by atoms with E-state index in [1.807, 2.05) is 0 Å². The second-order valence-corrected chi connectivity index (χ2v) is 6.17. The average Bonchev–Trinajstić information content (AvgIpc) is 2.91. The van der Waals surface area contributed by atoms with Gasteiger partial charge < -0.3 is 4.98 Å². The van der Waals surface area contributed by atoms with Crippen LogP contribution in [0.3, 0.4) is 0 Å². The van der Waals surface area contributed by atoms with Crippen LogP contribution in [0.1, 0.15) is 16.7 Å². The van der Waals surface area contributed by atoms with Crippen molar-refractivity contribution in [1.29, 1.82) is 0 Å². The highest BCUT2D eigenvalue weighted by Gasteiger charge is 2.13. The first-order valence-electron chi connectivity index (χ1n) is 7.72. The molecule has 0 atom stereocenters. The van der Waals surface area contributed by atoms with Gasteiger partial charge in [-0.15, -0.1) is 0 Å². The largest absolute Gasteiger partial charge is 0.361 e. The smallest absolute Gasteiger partial charge is 0.0460 e. The molecule has 108 valence electrons. The van der Waals surface area contributed by atoms with Crippen molar-refractivity contribution in [2.24, 2.45) is 0 Å². The highest BCUT2D eigenvalue weighted by molar-refractivity contribution is 6.06. The molecule has 0 unspecified atom stereocenters. The molecule has 4 rings (SSSR count). The molecule has 0 aliphatic rings. The normalized spacial score (nSPS) is 11.4. The fourth-order valence-electron chi connectivity index (χ4n) is 3.38. The molecule has 0 spiro atoms. The molecule has 0 radical (unpaired) electrons. The van der Waals surface area contributed by atoms with Crippen molar-refractivity contribution in [3.63, 3.8) is 0 Å². The van der Waals surface area contributed by atoms with Gasteiger partial charge in [0.25, 0.3) is 0 Å². The second kappa shape index (κ2) is 4.74. The summed E-state index contributed by atoms with van der Waals surface area (Å²) in [6.45, 7) is 6.58. The fraction of sp³-hybridized carbons (Fsp3) is 0.143. The fourth-order valence-corrected chi connectivity index (χ4v) is 3.38. The predicted octanol–water partition coefficient (Wildman–Crippen LogP) is 5.91. The molecule has 0 amide bonds. The van der Waals surface area contributed by atoms with Gasteiger partial charge in [-0.1, -0.05) is 42.0 Å². The molecule has 1 heteroatoms. The van der Waals surface area contributed by atoms with E-state index >= 15 is 0 Å². The molecule has 1 nitrogen and oxygen atoms in total. The maximum atomic E-state index is 3.43. The van der Waals surface area contributed by atoms with Gasteiger partial charge in [0.2, 0.25) is 0 Å². The van der Waals surface area contributed by atoms with E-state index in [1.165, 1.54) is 49.5 Å². The van der Waals surface area contributed by atoms with Gasteiger partial charge in [0.15, 0.2) is 0 Å². The van der Waals surface area contributed by atoms with E-state index in [2.05, 4.69) is 80.5 Å². The zero-order chi connectivity index (χ0) is 15.3. The van der Waals surface area contributed by atoms with Crippen molar-refractivity contribution in [3.8, 4) is 11.1 Å². The summed E-state index contributed by atoms with van der Waals surface area (Å²) in [5.74, 6) is 0. The predicted molar refractivity (Wildman–Crippen MR) is 95.5 cm³/mol. The first-order chi connectivity index (χ1) is 10.6. The number of hydrogen-bond donors (Lipinski definition) is 1. The number of nitrogens with one attached hydrogen (secondary N) is 1. The van der Waals surface area contributed by atoms with Crippen molar-refractivity contribution in [2.75, 3.05) is 0 Å². The van der Waals surface area contributed by atoms with Gasteiger partial charge in [-0.05, 0) is 60.4 Å². The zero-order valence-electron chi connectivity index (χ0n) is 13.2. The highest BCUT2D eigenvalue weighted by atomic mass is 14.7. The maximum Gasteiger partial charge on any atom is 0.0460 e.